The van der Waals surface area contributed by atoms with Crippen LogP contribution in [0.2, 0.25) is 0 Å². The maximum atomic E-state index is 11.8. The summed E-state index contributed by atoms with van der Waals surface area (Å²) in [7, 11) is 0. The molecule has 1 aliphatic rings. The van der Waals surface area contributed by atoms with Crippen LogP contribution in [-0.4, -0.2) is 16.1 Å². The highest BCUT2D eigenvalue weighted by atomic mass is 127. The van der Waals surface area contributed by atoms with Crippen LogP contribution < -0.4 is 0 Å². The maximum Gasteiger partial charge on any atom is 0.0976 e. The number of rotatable bonds is 0. The Balaban J connectivity index is 3.34. The van der Waals surface area contributed by atoms with Gasteiger partial charge < -0.3 is 0 Å². The number of nitrogens with zero attached hydrogens (tertiary/aromatic N) is 2. The Morgan fingerprint density at radius 3 is 1.92 bits per heavy atom. The van der Waals surface area contributed by atoms with Crippen LogP contribution in [0.5, 0.6) is 0 Å². The molecule has 0 atom stereocenters. The second kappa shape index (κ2) is 2.94. The van der Waals surface area contributed by atoms with Crippen molar-refractivity contribution < 1.29 is 5.21 Å². The molecule has 0 bridgehead atoms. The molecule has 0 saturated carbocycles. The Morgan fingerprint density at radius 2 is 1.77 bits per heavy atom. The largest absolute Gasteiger partial charge is 0.193 e. The predicted molar refractivity (Wildman–Crippen MR) is 57.3 cm³/mol. The van der Waals surface area contributed by atoms with Crippen molar-refractivity contribution in [3.05, 3.63) is 9.15 Å². The van der Waals surface area contributed by atoms with E-state index in [1.807, 2.05) is 13.8 Å². The molecule has 0 aliphatic carbocycles. The van der Waals surface area contributed by atoms with Crippen molar-refractivity contribution in [1.82, 2.24) is 5.06 Å². The topological polar surface area (TPSA) is 46.9 Å². The minimum atomic E-state index is -0.686. The first-order valence-corrected chi connectivity index (χ1v) is 5.12. The lowest BCUT2D eigenvalue weighted by Gasteiger charge is -2.32. The zero-order chi connectivity index (χ0) is 10.4. The highest BCUT2D eigenvalue weighted by molar-refractivity contribution is 14.1. The molecule has 1 rings (SSSR count). The van der Waals surface area contributed by atoms with Crippen molar-refractivity contribution in [2.75, 3.05) is 0 Å². The van der Waals surface area contributed by atoms with E-state index in [1.165, 1.54) is 0 Å². The third-order valence-corrected chi connectivity index (χ3v) is 4.36. The molecule has 1 aliphatic heterocycles. The second-order valence-electron chi connectivity index (χ2n) is 4.21. The van der Waals surface area contributed by atoms with Gasteiger partial charge in [-0.05, 0) is 50.3 Å². The molecule has 0 aromatic heterocycles. The van der Waals surface area contributed by atoms with E-state index >= 15 is 0 Å². The molecule has 0 saturated heterocycles. The van der Waals surface area contributed by atoms with Gasteiger partial charge >= 0.3 is 0 Å². The van der Waals surface area contributed by atoms with Crippen molar-refractivity contribution in [2.24, 2.45) is 0 Å². The molecule has 4 heteroatoms. The SMILES string of the molecule is CC1(C)C(I)=C(C#N)C(C)(C)N1[O]. The lowest BCUT2D eigenvalue weighted by Crippen LogP contribution is -2.47. The minimum absolute atomic E-state index is 0.560. The van der Waals surface area contributed by atoms with E-state index in [4.69, 9.17) is 5.26 Å². The molecule has 0 unspecified atom stereocenters. The fourth-order valence-electron chi connectivity index (χ4n) is 1.65. The van der Waals surface area contributed by atoms with Crippen molar-refractivity contribution in [1.29, 1.82) is 5.26 Å². The van der Waals surface area contributed by atoms with E-state index in [9.17, 15) is 5.21 Å². The van der Waals surface area contributed by atoms with Crippen LogP contribution in [0.25, 0.3) is 0 Å². The van der Waals surface area contributed by atoms with Gasteiger partial charge in [-0.3, -0.25) is 0 Å². The molecule has 71 valence electrons. The number of hydroxylamine groups is 2. The van der Waals surface area contributed by atoms with Gasteiger partial charge in [0.05, 0.1) is 22.7 Å². The quantitative estimate of drug-likeness (QED) is 0.643. The average Bonchev–Trinajstić information content (AvgIpc) is 2.12. The molecule has 0 aromatic rings. The normalized spacial score (nSPS) is 26.2. The highest BCUT2D eigenvalue weighted by Gasteiger charge is 2.51. The van der Waals surface area contributed by atoms with Gasteiger partial charge in [-0.2, -0.15) is 5.26 Å². The van der Waals surface area contributed by atoms with Crippen LogP contribution in [-0.2, 0) is 5.21 Å². The van der Waals surface area contributed by atoms with Gasteiger partial charge in [0, 0.05) is 3.58 Å². The molecule has 0 spiro atoms. The Bertz CT molecular complexity index is 312. The molecule has 13 heavy (non-hydrogen) atoms. The number of nitriles is 1. The molecule has 1 radical (unpaired) electrons. The summed E-state index contributed by atoms with van der Waals surface area (Å²) in [6.07, 6.45) is 0. The standard InChI is InChI=1S/C9H12IN2O/c1-8(2)6(5-11)7(10)9(3,4)12(8)13/h1-4H3. The summed E-state index contributed by atoms with van der Waals surface area (Å²) in [6, 6.07) is 2.12. The molecular formula is C9H12IN2O. The van der Waals surface area contributed by atoms with Crippen LogP contribution in [0.4, 0.5) is 0 Å². The Morgan fingerprint density at radius 1 is 1.31 bits per heavy atom. The van der Waals surface area contributed by atoms with E-state index in [1.54, 1.807) is 13.8 Å². The lowest BCUT2D eigenvalue weighted by molar-refractivity contribution is -0.238. The van der Waals surface area contributed by atoms with Crippen LogP contribution in [0.1, 0.15) is 27.7 Å². The molecule has 0 aromatic carbocycles. The summed E-state index contributed by atoms with van der Waals surface area (Å²) in [5, 5.41) is 21.8. The summed E-state index contributed by atoms with van der Waals surface area (Å²) in [4.78, 5) is 0. The summed E-state index contributed by atoms with van der Waals surface area (Å²) < 4.78 is 0.854. The highest BCUT2D eigenvalue weighted by Crippen LogP contribution is 2.46. The van der Waals surface area contributed by atoms with Gasteiger partial charge in [-0.1, -0.05) is 0 Å². The maximum absolute atomic E-state index is 11.8. The fraction of sp³-hybridized carbons (Fsp3) is 0.667. The first-order valence-electron chi connectivity index (χ1n) is 4.04. The van der Waals surface area contributed by atoms with Gasteiger partial charge in [0.2, 0.25) is 0 Å². The van der Waals surface area contributed by atoms with Gasteiger partial charge in [0.15, 0.2) is 0 Å². The summed E-state index contributed by atoms with van der Waals surface area (Å²) in [6.45, 7) is 7.25. The van der Waals surface area contributed by atoms with E-state index in [-0.39, 0.29) is 0 Å². The van der Waals surface area contributed by atoms with Gasteiger partial charge in [0.25, 0.3) is 0 Å². The van der Waals surface area contributed by atoms with Crippen LogP contribution in [0.3, 0.4) is 0 Å². The minimum Gasteiger partial charge on any atom is -0.193 e. The zero-order valence-electron chi connectivity index (χ0n) is 8.18. The van der Waals surface area contributed by atoms with Crippen molar-refractivity contribution in [2.45, 2.75) is 38.8 Å². The second-order valence-corrected chi connectivity index (χ2v) is 5.29. The monoisotopic (exact) mass is 291 g/mol. The summed E-state index contributed by atoms with van der Waals surface area (Å²) in [5.74, 6) is 0. The van der Waals surface area contributed by atoms with Crippen LogP contribution in [0.15, 0.2) is 9.15 Å². The van der Waals surface area contributed by atoms with E-state index in [2.05, 4.69) is 28.7 Å². The summed E-state index contributed by atoms with van der Waals surface area (Å²) >= 11 is 2.09. The Labute approximate surface area is 92.1 Å². The fourth-order valence-corrected chi connectivity index (χ4v) is 2.65. The smallest absolute Gasteiger partial charge is 0.0976 e. The van der Waals surface area contributed by atoms with Gasteiger partial charge in [0.1, 0.15) is 0 Å². The molecular weight excluding hydrogens is 279 g/mol. The molecule has 3 nitrogen and oxygen atoms in total. The number of hydrogen-bond acceptors (Lipinski definition) is 2. The van der Waals surface area contributed by atoms with E-state index in [0.717, 1.165) is 8.64 Å². The number of halogens is 1. The third-order valence-electron chi connectivity index (χ3n) is 2.50. The number of hydrogen-bond donors (Lipinski definition) is 0. The van der Waals surface area contributed by atoms with Gasteiger partial charge in [-0.15, -0.1) is 10.3 Å². The first-order chi connectivity index (χ1) is 5.76. The van der Waals surface area contributed by atoms with Crippen molar-refractivity contribution in [3.8, 4) is 6.07 Å². The van der Waals surface area contributed by atoms with Crippen molar-refractivity contribution >= 4 is 22.6 Å². The van der Waals surface area contributed by atoms with Crippen molar-refractivity contribution in [3.63, 3.8) is 0 Å². The Kier molecular flexibility index (Phi) is 2.48. The third kappa shape index (κ3) is 1.30. The average molecular weight is 291 g/mol. The summed E-state index contributed by atoms with van der Waals surface area (Å²) in [5.41, 5.74) is -0.655. The predicted octanol–water partition coefficient (Wildman–Crippen LogP) is 2.42. The molecule has 0 fully saturated rings. The first kappa shape index (κ1) is 11.0. The van der Waals surface area contributed by atoms with Crippen LogP contribution in [0, 0.1) is 11.3 Å². The van der Waals surface area contributed by atoms with E-state index < -0.39 is 11.1 Å². The molecule has 1 heterocycles. The molecule has 0 amide bonds. The zero-order valence-corrected chi connectivity index (χ0v) is 10.3. The lowest BCUT2D eigenvalue weighted by atomic mass is 9.98. The van der Waals surface area contributed by atoms with Gasteiger partial charge in [-0.25, -0.2) is 0 Å². The van der Waals surface area contributed by atoms with E-state index in [0.29, 0.717) is 5.57 Å². The molecule has 0 N–H and O–H groups in total. The van der Waals surface area contributed by atoms with Crippen LogP contribution >= 0.6 is 22.6 Å². The Hall–Kier alpha value is -0.120.